The average Bonchev–Trinajstić information content (AvgIpc) is 3.50. The van der Waals surface area contributed by atoms with Crippen molar-refractivity contribution in [2.24, 2.45) is 5.92 Å². The van der Waals surface area contributed by atoms with Crippen LogP contribution in [0.2, 0.25) is 0 Å². The van der Waals surface area contributed by atoms with Gasteiger partial charge in [0.1, 0.15) is 0 Å². The number of nitrogens with one attached hydrogen (secondary N) is 1. The third kappa shape index (κ3) is 4.66. The molecule has 1 saturated carbocycles. The molecule has 2 heterocycles. The van der Waals surface area contributed by atoms with Gasteiger partial charge in [0.2, 0.25) is 5.91 Å². The molecule has 148 valence electrons. The Bertz CT molecular complexity index is 671. The van der Waals surface area contributed by atoms with Crippen LogP contribution >= 0.6 is 0 Å². The molecule has 0 aromatic heterocycles. The summed E-state index contributed by atoms with van der Waals surface area (Å²) < 4.78 is 27.3. The number of benzene rings is 1. The maximum atomic E-state index is 13.9. The topological polar surface area (TPSA) is 35.6 Å². The van der Waals surface area contributed by atoms with Gasteiger partial charge in [-0.25, -0.2) is 8.78 Å². The van der Waals surface area contributed by atoms with Crippen LogP contribution in [-0.2, 0) is 11.3 Å². The smallest absolute Gasteiger partial charge is 0.224 e. The maximum Gasteiger partial charge on any atom is 0.224 e. The first-order chi connectivity index (χ1) is 13.1. The van der Waals surface area contributed by atoms with Gasteiger partial charge in [-0.15, -0.1) is 0 Å². The first kappa shape index (κ1) is 18.8. The van der Waals surface area contributed by atoms with Crippen LogP contribution < -0.4 is 5.32 Å². The lowest BCUT2D eigenvalue weighted by Crippen LogP contribution is -2.50. The summed E-state index contributed by atoms with van der Waals surface area (Å²) in [5.41, 5.74) is 0.434. The van der Waals surface area contributed by atoms with Crippen LogP contribution in [0.5, 0.6) is 0 Å². The van der Waals surface area contributed by atoms with Crippen LogP contribution in [0.15, 0.2) is 18.2 Å². The summed E-state index contributed by atoms with van der Waals surface area (Å²) in [6, 6.07) is 5.32. The molecule has 0 bridgehead atoms. The molecular formula is C21H29F2N3O. The second-order valence-corrected chi connectivity index (χ2v) is 8.34. The summed E-state index contributed by atoms with van der Waals surface area (Å²) in [6.45, 7) is 4.16. The molecule has 3 fully saturated rings. The summed E-state index contributed by atoms with van der Waals surface area (Å²) in [4.78, 5) is 17.1. The van der Waals surface area contributed by atoms with Gasteiger partial charge >= 0.3 is 0 Å². The molecule has 0 radical (unpaired) electrons. The Morgan fingerprint density at radius 3 is 2.59 bits per heavy atom. The van der Waals surface area contributed by atoms with Gasteiger partial charge in [0, 0.05) is 30.7 Å². The van der Waals surface area contributed by atoms with Crippen LogP contribution in [-0.4, -0.2) is 54.0 Å². The highest BCUT2D eigenvalue weighted by atomic mass is 19.2. The zero-order valence-electron chi connectivity index (χ0n) is 15.8. The largest absolute Gasteiger partial charge is 0.353 e. The highest BCUT2D eigenvalue weighted by molar-refractivity contribution is 5.79. The average molecular weight is 377 g/mol. The van der Waals surface area contributed by atoms with Crippen molar-refractivity contribution < 1.29 is 13.6 Å². The van der Waals surface area contributed by atoms with Gasteiger partial charge in [-0.05, 0) is 64.2 Å². The van der Waals surface area contributed by atoms with Gasteiger partial charge in [-0.2, -0.15) is 0 Å². The van der Waals surface area contributed by atoms with Crippen molar-refractivity contribution in [1.29, 1.82) is 0 Å². The van der Waals surface area contributed by atoms with E-state index in [2.05, 4.69) is 15.1 Å². The minimum absolute atomic E-state index is 0.124. The number of hydrogen-bond acceptors (Lipinski definition) is 3. The van der Waals surface area contributed by atoms with E-state index >= 15 is 0 Å². The number of likely N-dealkylation sites (tertiary alicyclic amines) is 2. The number of carbonyl (C=O) groups is 1. The normalized spacial score (nSPS) is 25.5. The number of nitrogens with zero attached hydrogens (tertiary/aromatic N) is 2. The van der Waals surface area contributed by atoms with Gasteiger partial charge in [0.05, 0.1) is 5.92 Å². The molecule has 1 atom stereocenters. The van der Waals surface area contributed by atoms with Crippen LogP contribution in [0, 0.1) is 17.6 Å². The fourth-order valence-corrected chi connectivity index (χ4v) is 4.45. The Kier molecular flexibility index (Phi) is 5.74. The number of halogens is 2. The second-order valence-electron chi connectivity index (χ2n) is 8.34. The van der Waals surface area contributed by atoms with E-state index in [0.717, 1.165) is 70.8 Å². The number of carbonyl (C=O) groups excluding carboxylic acids is 1. The van der Waals surface area contributed by atoms with E-state index in [1.54, 1.807) is 12.1 Å². The number of piperidine rings is 2. The number of amides is 1. The van der Waals surface area contributed by atoms with Crippen molar-refractivity contribution in [3.63, 3.8) is 0 Å². The Morgan fingerprint density at radius 1 is 1.07 bits per heavy atom. The fourth-order valence-electron chi connectivity index (χ4n) is 4.45. The van der Waals surface area contributed by atoms with E-state index in [-0.39, 0.29) is 11.8 Å². The second kappa shape index (κ2) is 8.23. The van der Waals surface area contributed by atoms with Crippen molar-refractivity contribution in [3.05, 3.63) is 35.4 Å². The molecule has 2 aliphatic heterocycles. The Balaban J connectivity index is 1.27. The number of hydrogen-bond donors (Lipinski definition) is 1. The van der Waals surface area contributed by atoms with Gasteiger partial charge < -0.3 is 5.32 Å². The van der Waals surface area contributed by atoms with Gasteiger partial charge in [-0.1, -0.05) is 12.1 Å². The predicted molar refractivity (Wildman–Crippen MR) is 100 cm³/mol. The van der Waals surface area contributed by atoms with E-state index < -0.39 is 11.6 Å². The van der Waals surface area contributed by atoms with Crippen molar-refractivity contribution in [2.45, 2.75) is 57.2 Å². The molecule has 0 spiro atoms. The van der Waals surface area contributed by atoms with Crippen molar-refractivity contribution >= 4 is 5.91 Å². The first-order valence-corrected chi connectivity index (χ1v) is 10.3. The zero-order chi connectivity index (χ0) is 18.8. The van der Waals surface area contributed by atoms with Crippen LogP contribution in [0.4, 0.5) is 8.78 Å². The molecule has 1 N–H and O–H groups in total. The van der Waals surface area contributed by atoms with Crippen molar-refractivity contribution in [1.82, 2.24) is 15.1 Å². The predicted octanol–water partition coefficient (Wildman–Crippen LogP) is 2.92. The molecule has 1 unspecified atom stereocenters. The van der Waals surface area contributed by atoms with E-state index in [0.29, 0.717) is 24.2 Å². The highest BCUT2D eigenvalue weighted by Crippen LogP contribution is 2.26. The summed E-state index contributed by atoms with van der Waals surface area (Å²) in [5.74, 6) is -1.13. The molecule has 1 aromatic carbocycles. The number of rotatable bonds is 5. The summed E-state index contributed by atoms with van der Waals surface area (Å²) in [7, 11) is 0. The molecule has 4 rings (SSSR count). The quantitative estimate of drug-likeness (QED) is 0.857. The summed E-state index contributed by atoms with van der Waals surface area (Å²) >= 11 is 0. The SMILES string of the molecule is O=C(NC1CC1)C1CCCN(C2CCN(Cc3cccc(F)c3F)CC2)C1. The van der Waals surface area contributed by atoms with Crippen LogP contribution in [0.1, 0.15) is 44.1 Å². The van der Waals surface area contributed by atoms with Crippen LogP contribution in [0.3, 0.4) is 0 Å². The Morgan fingerprint density at radius 2 is 1.85 bits per heavy atom. The molecule has 1 aromatic rings. The molecule has 4 nitrogen and oxygen atoms in total. The molecular weight excluding hydrogens is 348 g/mol. The Labute approximate surface area is 159 Å². The third-order valence-electron chi connectivity index (χ3n) is 6.25. The first-order valence-electron chi connectivity index (χ1n) is 10.3. The summed E-state index contributed by atoms with van der Waals surface area (Å²) in [6.07, 6.45) is 6.38. The van der Waals surface area contributed by atoms with E-state index in [4.69, 9.17) is 0 Å². The maximum absolute atomic E-state index is 13.9. The molecule has 1 amide bonds. The minimum atomic E-state index is -0.772. The Hall–Kier alpha value is -1.53. The summed E-state index contributed by atoms with van der Waals surface area (Å²) in [5, 5.41) is 3.15. The zero-order valence-corrected chi connectivity index (χ0v) is 15.8. The lowest BCUT2D eigenvalue weighted by molar-refractivity contribution is -0.127. The van der Waals surface area contributed by atoms with Crippen molar-refractivity contribution in [2.75, 3.05) is 26.2 Å². The van der Waals surface area contributed by atoms with E-state index in [1.807, 2.05) is 0 Å². The standard InChI is InChI=1S/C21H29F2N3O/c22-19-5-1-3-15(20(19)23)13-25-11-8-18(9-12-25)26-10-2-4-16(14-26)21(27)24-17-6-7-17/h1,3,5,16-18H,2,4,6-14H2,(H,24,27). The fraction of sp³-hybridized carbons (Fsp3) is 0.667. The molecule has 2 saturated heterocycles. The lowest BCUT2D eigenvalue weighted by atomic mass is 9.93. The van der Waals surface area contributed by atoms with Gasteiger partial charge in [-0.3, -0.25) is 14.6 Å². The lowest BCUT2D eigenvalue weighted by Gasteiger charge is -2.42. The highest BCUT2D eigenvalue weighted by Gasteiger charge is 2.33. The van der Waals surface area contributed by atoms with Crippen LogP contribution in [0.25, 0.3) is 0 Å². The van der Waals surface area contributed by atoms with Gasteiger partial charge in [0.15, 0.2) is 11.6 Å². The van der Waals surface area contributed by atoms with E-state index in [1.165, 1.54) is 0 Å². The molecule has 3 aliphatic rings. The molecule has 1 aliphatic carbocycles. The van der Waals surface area contributed by atoms with Crippen molar-refractivity contribution in [3.8, 4) is 0 Å². The molecule has 27 heavy (non-hydrogen) atoms. The molecule has 6 heteroatoms. The van der Waals surface area contributed by atoms with E-state index in [9.17, 15) is 13.6 Å². The third-order valence-corrected chi connectivity index (χ3v) is 6.25. The monoisotopic (exact) mass is 377 g/mol. The van der Waals surface area contributed by atoms with Gasteiger partial charge in [0.25, 0.3) is 0 Å². The minimum Gasteiger partial charge on any atom is -0.353 e.